The van der Waals surface area contributed by atoms with Gasteiger partial charge in [0.15, 0.2) is 0 Å². The van der Waals surface area contributed by atoms with Crippen molar-refractivity contribution in [2.24, 2.45) is 0 Å². The molecule has 0 aliphatic rings. The highest BCUT2D eigenvalue weighted by Crippen LogP contribution is 2.14. The van der Waals surface area contributed by atoms with Crippen LogP contribution < -0.4 is 5.32 Å². The number of benzene rings is 2. The highest BCUT2D eigenvalue weighted by molar-refractivity contribution is 5.94. The molecule has 2 rings (SSSR count). The van der Waals surface area contributed by atoms with Gasteiger partial charge in [-0.2, -0.15) is 0 Å². The Labute approximate surface area is 119 Å². The molecule has 0 aliphatic carbocycles. The molecule has 2 aromatic rings. The molecular weight excluding hydrogens is 246 g/mol. The van der Waals surface area contributed by atoms with Crippen LogP contribution in [0.15, 0.2) is 73.8 Å². The van der Waals surface area contributed by atoms with Crippen molar-refractivity contribution in [3.8, 4) is 0 Å². The molecule has 0 atom stereocenters. The second-order valence-corrected chi connectivity index (χ2v) is 4.47. The summed E-state index contributed by atoms with van der Waals surface area (Å²) in [6, 6.07) is 17.2. The number of allylic oxidation sites excluding steroid dienone is 2. The number of hydrogen-bond donors (Lipinski definition) is 1. The topological polar surface area (TPSA) is 29.1 Å². The fraction of sp³-hybridized carbons (Fsp3) is 0.0556. The van der Waals surface area contributed by atoms with Crippen LogP contribution in [0.4, 0.5) is 0 Å². The van der Waals surface area contributed by atoms with Crippen molar-refractivity contribution in [2.75, 3.05) is 0 Å². The van der Waals surface area contributed by atoms with Gasteiger partial charge in [-0.05, 0) is 28.8 Å². The van der Waals surface area contributed by atoms with Crippen LogP contribution in [0.25, 0.3) is 5.57 Å². The summed E-state index contributed by atoms with van der Waals surface area (Å²) in [5.41, 5.74) is 3.54. The lowest BCUT2D eigenvalue weighted by Gasteiger charge is -2.06. The van der Waals surface area contributed by atoms with Gasteiger partial charge in [-0.15, -0.1) is 0 Å². The van der Waals surface area contributed by atoms with E-state index in [1.165, 1.54) is 0 Å². The third kappa shape index (κ3) is 3.45. The van der Waals surface area contributed by atoms with Crippen LogP contribution in [-0.4, -0.2) is 5.91 Å². The third-order valence-electron chi connectivity index (χ3n) is 3.06. The maximum Gasteiger partial charge on any atom is 0.251 e. The molecule has 0 aliphatic heterocycles. The molecule has 0 saturated heterocycles. The van der Waals surface area contributed by atoms with Crippen LogP contribution in [-0.2, 0) is 6.54 Å². The zero-order valence-electron chi connectivity index (χ0n) is 11.3. The number of carbonyl (C=O) groups is 1. The molecule has 1 N–H and O–H groups in total. The van der Waals surface area contributed by atoms with Crippen LogP contribution in [0.2, 0.25) is 0 Å². The van der Waals surface area contributed by atoms with Crippen molar-refractivity contribution in [3.05, 3.63) is 90.5 Å². The van der Waals surface area contributed by atoms with E-state index in [4.69, 9.17) is 0 Å². The first kappa shape index (κ1) is 13.8. The molecule has 2 aromatic carbocycles. The Balaban J connectivity index is 1.99. The summed E-state index contributed by atoms with van der Waals surface area (Å²) in [4.78, 5) is 12.0. The lowest BCUT2D eigenvalue weighted by atomic mass is 10.1. The molecule has 0 saturated carbocycles. The molecule has 0 radical (unpaired) electrons. The predicted molar refractivity (Wildman–Crippen MR) is 83.3 cm³/mol. The van der Waals surface area contributed by atoms with Gasteiger partial charge < -0.3 is 5.32 Å². The van der Waals surface area contributed by atoms with E-state index in [0.717, 1.165) is 16.7 Å². The smallest absolute Gasteiger partial charge is 0.251 e. The first-order chi connectivity index (χ1) is 9.70. The summed E-state index contributed by atoms with van der Waals surface area (Å²) < 4.78 is 0. The van der Waals surface area contributed by atoms with Gasteiger partial charge in [0.05, 0.1) is 0 Å². The monoisotopic (exact) mass is 263 g/mol. The van der Waals surface area contributed by atoms with E-state index in [2.05, 4.69) is 18.5 Å². The molecule has 20 heavy (non-hydrogen) atoms. The van der Waals surface area contributed by atoms with Gasteiger partial charge >= 0.3 is 0 Å². The SMILES string of the molecule is C=CC(=C)c1ccc(C(=O)NCc2ccccc2)cc1. The predicted octanol–water partition coefficient (Wildman–Crippen LogP) is 3.82. The Kier molecular flexibility index (Phi) is 4.51. The highest BCUT2D eigenvalue weighted by Gasteiger charge is 2.05. The van der Waals surface area contributed by atoms with E-state index in [1.54, 1.807) is 18.2 Å². The summed E-state index contributed by atoms with van der Waals surface area (Å²) in [5.74, 6) is -0.0791. The summed E-state index contributed by atoms with van der Waals surface area (Å²) >= 11 is 0. The average Bonchev–Trinajstić information content (AvgIpc) is 2.53. The van der Waals surface area contributed by atoms with Crippen molar-refractivity contribution in [1.29, 1.82) is 0 Å². The Hall–Kier alpha value is -2.61. The number of rotatable bonds is 5. The fourth-order valence-electron chi connectivity index (χ4n) is 1.83. The van der Waals surface area contributed by atoms with E-state index in [0.29, 0.717) is 12.1 Å². The number of hydrogen-bond acceptors (Lipinski definition) is 1. The van der Waals surface area contributed by atoms with E-state index in [9.17, 15) is 4.79 Å². The van der Waals surface area contributed by atoms with Gasteiger partial charge in [0.1, 0.15) is 0 Å². The highest BCUT2D eigenvalue weighted by atomic mass is 16.1. The first-order valence-corrected chi connectivity index (χ1v) is 6.44. The zero-order valence-corrected chi connectivity index (χ0v) is 11.3. The van der Waals surface area contributed by atoms with Crippen molar-refractivity contribution < 1.29 is 4.79 Å². The van der Waals surface area contributed by atoms with Crippen molar-refractivity contribution in [3.63, 3.8) is 0 Å². The largest absolute Gasteiger partial charge is 0.348 e. The van der Waals surface area contributed by atoms with E-state index in [-0.39, 0.29) is 5.91 Å². The molecule has 100 valence electrons. The van der Waals surface area contributed by atoms with Gasteiger partial charge in [0.25, 0.3) is 5.91 Å². The maximum atomic E-state index is 12.0. The molecule has 0 aromatic heterocycles. The molecule has 2 nitrogen and oxygen atoms in total. The van der Waals surface area contributed by atoms with E-state index in [1.807, 2.05) is 42.5 Å². The molecule has 0 fully saturated rings. The number of nitrogens with one attached hydrogen (secondary N) is 1. The minimum absolute atomic E-state index is 0.0791. The first-order valence-electron chi connectivity index (χ1n) is 6.44. The molecule has 0 unspecified atom stereocenters. The summed E-state index contributed by atoms with van der Waals surface area (Å²) in [7, 11) is 0. The number of amides is 1. The summed E-state index contributed by atoms with van der Waals surface area (Å²) in [6.45, 7) is 8.08. The van der Waals surface area contributed by atoms with Gasteiger partial charge in [-0.25, -0.2) is 0 Å². The quantitative estimate of drug-likeness (QED) is 0.816. The lowest BCUT2D eigenvalue weighted by molar-refractivity contribution is 0.0951. The normalized spacial score (nSPS) is 9.80. The van der Waals surface area contributed by atoms with Gasteiger partial charge in [-0.3, -0.25) is 4.79 Å². The standard InChI is InChI=1S/C18H17NO/c1-3-14(2)16-9-11-17(12-10-16)18(20)19-13-15-7-5-4-6-8-15/h3-12H,1-2,13H2,(H,19,20). The van der Waals surface area contributed by atoms with Crippen LogP contribution >= 0.6 is 0 Å². The summed E-state index contributed by atoms with van der Waals surface area (Å²) in [5, 5.41) is 2.90. The molecular formula is C18H17NO. The number of carbonyl (C=O) groups excluding carboxylic acids is 1. The fourth-order valence-corrected chi connectivity index (χ4v) is 1.83. The Morgan fingerprint density at radius 2 is 1.60 bits per heavy atom. The second-order valence-electron chi connectivity index (χ2n) is 4.47. The second kappa shape index (κ2) is 6.53. The Morgan fingerprint density at radius 3 is 2.20 bits per heavy atom. The van der Waals surface area contributed by atoms with Gasteiger partial charge in [0, 0.05) is 12.1 Å². The van der Waals surface area contributed by atoms with Crippen molar-refractivity contribution in [1.82, 2.24) is 5.32 Å². The van der Waals surface area contributed by atoms with Crippen LogP contribution in [0.3, 0.4) is 0 Å². The van der Waals surface area contributed by atoms with Crippen molar-refractivity contribution in [2.45, 2.75) is 6.54 Å². The Morgan fingerprint density at radius 1 is 1.00 bits per heavy atom. The molecule has 0 bridgehead atoms. The molecule has 1 amide bonds. The van der Waals surface area contributed by atoms with Crippen LogP contribution in [0.5, 0.6) is 0 Å². The molecule has 0 heterocycles. The van der Waals surface area contributed by atoms with Gasteiger partial charge in [-0.1, -0.05) is 61.7 Å². The lowest BCUT2D eigenvalue weighted by Crippen LogP contribution is -2.22. The average molecular weight is 263 g/mol. The Bertz CT molecular complexity index is 612. The maximum absolute atomic E-state index is 12.0. The van der Waals surface area contributed by atoms with Gasteiger partial charge in [0.2, 0.25) is 0 Å². The van der Waals surface area contributed by atoms with Crippen molar-refractivity contribution >= 4 is 11.5 Å². The van der Waals surface area contributed by atoms with Crippen LogP contribution in [0, 0.1) is 0 Å². The summed E-state index contributed by atoms with van der Waals surface area (Å²) in [6.07, 6.45) is 1.70. The molecule has 0 spiro atoms. The van der Waals surface area contributed by atoms with Crippen LogP contribution in [0.1, 0.15) is 21.5 Å². The minimum atomic E-state index is -0.0791. The zero-order chi connectivity index (χ0) is 14.4. The minimum Gasteiger partial charge on any atom is -0.348 e. The van der Waals surface area contributed by atoms with E-state index < -0.39 is 0 Å². The molecule has 2 heteroatoms. The third-order valence-corrected chi connectivity index (χ3v) is 3.06. The van der Waals surface area contributed by atoms with E-state index >= 15 is 0 Å².